The van der Waals surface area contributed by atoms with E-state index in [1.54, 1.807) is 30.5 Å². The van der Waals surface area contributed by atoms with Gasteiger partial charge in [-0.2, -0.15) is 0 Å². The van der Waals surface area contributed by atoms with E-state index in [1.165, 1.54) is 0 Å². The Hall–Kier alpha value is -3.84. The number of benzene rings is 2. The molecule has 0 spiro atoms. The number of nitrogens with zero attached hydrogens (tertiary/aromatic N) is 3. The number of para-hydroxylation sites is 1. The second-order valence-electron chi connectivity index (χ2n) is 8.57. The van der Waals surface area contributed by atoms with Gasteiger partial charge in [0, 0.05) is 55.9 Å². The fourth-order valence-electron chi connectivity index (χ4n) is 4.52. The standard InChI is InChI=1S/C27H26ClN5O2/c28-22-9-3-1-8-21(22)26(34)31-24(17-19-18-30-23-10-4-2-7-20(19)23)27(35)33-15-13-32(14-16-33)25-11-5-6-12-29-25/h1-12,18,24,30H,13-17H2,(H,31,34)/t24-/m0/s1. The summed E-state index contributed by atoms with van der Waals surface area (Å²) < 4.78 is 0. The quantitative estimate of drug-likeness (QED) is 0.432. The van der Waals surface area contributed by atoms with Crippen LogP contribution < -0.4 is 10.2 Å². The van der Waals surface area contributed by atoms with Crippen LogP contribution in [0.15, 0.2) is 79.1 Å². The van der Waals surface area contributed by atoms with Crippen molar-refractivity contribution in [2.45, 2.75) is 12.5 Å². The van der Waals surface area contributed by atoms with Crippen molar-refractivity contribution in [3.05, 3.63) is 95.3 Å². The summed E-state index contributed by atoms with van der Waals surface area (Å²) in [5.74, 6) is 0.444. The summed E-state index contributed by atoms with van der Waals surface area (Å²) in [7, 11) is 0. The van der Waals surface area contributed by atoms with Crippen LogP contribution in [-0.4, -0.2) is 58.9 Å². The van der Waals surface area contributed by atoms with Crippen molar-refractivity contribution < 1.29 is 9.59 Å². The topological polar surface area (TPSA) is 81.3 Å². The number of H-pyrrole nitrogens is 1. The van der Waals surface area contributed by atoms with Crippen LogP contribution in [-0.2, 0) is 11.2 Å². The van der Waals surface area contributed by atoms with Crippen LogP contribution in [0.4, 0.5) is 5.82 Å². The molecule has 3 heterocycles. The third-order valence-electron chi connectivity index (χ3n) is 6.39. The van der Waals surface area contributed by atoms with Gasteiger partial charge in [0.15, 0.2) is 0 Å². The molecule has 2 aromatic carbocycles. The molecular weight excluding hydrogens is 462 g/mol. The Labute approximate surface area is 208 Å². The third-order valence-corrected chi connectivity index (χ3v) is 6.72. The van der Waals surface area contributed by atoms with Gasteiger partial charge in [-0.3, -0.25) is 9.59 Å². The lowest BCUT2D eigenvalue weighted by atomic mass is 10.0. The summed E-state index contributed by atoms with van der Waals surface area (Å²) in [6.45, 7) is 2.48. The predicted octanol–water partition coefficient (Wildman–Crippen LogP) is 3.91. The van der Waals surface area contributed by atoms with Gasteiger partial charge < -0.3 is 20.1 Å². The first kappa shape index (κ1) is 22.9. The van der Waals surface area contributed by atoms with Crippen LogP contribution in [0.25, 0.3) is 10.9 Å². The predicted molar refractivity (Wildman–Crippen MR) is 138 cm³/mol. The average Bonchev–Trinajstić information content (AvgIpc) is 3.31. The Morgan fingerprint density at radius 2 is 1.71 bits per heavy atom. The number of carbonyl (C=O) groups excluding carboxylic acids is 2. The molecule has 1 fully saturated rings. The zero-order valence-corrected chi connectivity index (χ0v) is 19.9. The van der Waals surface area contributed by atoms with Gasteiger partial charge in [-0.05, 0) is 35.9 Å². The van der Waals surface area contributed by atoms with E-state index >= 15 is 0 Å². The number of fused-ring (bicyclic) bond motifs is 1. The van der Waals surface area contributed by atoms with E-state index in [-0.39, 0.29) is 11.8 Å². The van der Waals surface area contributed by atoms with Crippen LogP contribution in [0.3, 0.4) is 0 Å². The monoisotopic (exact) mass is 487 g/mol. The molecule has 2 amide bonds. The number of piperazine rings is 1. The molecule has 1 atom stereocenters. The molecule has 1 aliphatic rings. The van der Waals surface area contributed by atoms with Gasteiger partial charge in [0.25, 0.3) is 5.91 Å². The lowest BCUT2D eigenvalue weighted by Gasteiger charge is -2.37. The van der Waals surface area contributed by atoms with Crippen molar-refractivity contribution in [3.63, 3.8) is 0 Å². The van der Waals surface area contributed by atoms with E-state index in [9.17, 15) is 9.59 Å². The van der Waals surface area contributed by atoms with Crippen LogP contribution in [0.1, 0.15) is 15.9 Å². The van der Waals surface area contributed by atoms with Gasteiger partial charge >= 0.3 is 0 Å². The summed E-state index contributed by atoms with van der Waals surface area (Å²) in [6, 6.07) is 19.9. The normalized spacial score (nSPS) is 14.7. The van der Waals surface area contributed by atoms with Crippen molar-refractivity contribution in [1.29, 1.82) is 0 Å². The fourth-order valence-corrected chi connectivity index (χ4v) is 4.74. The van der Waals surface area contributed by atoms with Crippen LogP contribution >= 0.6 is 11.6 Å². The van der Waals surface area contributed by atoms with Gasteiger partial charge in [0.2, 0.25) is 5.91 Å². The Morgan fingerprint density at radius 3 is 2.49 bits per heavy atom. The minimum atomic E-state index is -0.723. The third kappa shape index (κ3) is 5.00. The minimum Gasteiger partial charge on any atom is -0.361 e. The smallest absolute Gasteiger partial charge is 0.253 e. The first-order valence-corrected chi connectivity index (χ1v) is 12.0. The van der Waals surface area contributed by atoms with Gasteiger partial charge in [0.1, 0.15) is 11.9 Å². The number of carbonyl (C=O) groups is 2. The lowest BCUT2D eigenvalue weighted by molar-refractivity contribution is -0.133. The number of aromatic nitrogens is 2. The first-order chi connectivity index (χ1) is 17.1. The van der Waals surface area contributed by atoms with Gasteiger partial charge in [-0.25, -0.2) is 4.98 Å². The van der Waals surface area contributed by atoms with Gasteiger partial charge in [0.05, 0.1) is 10.6 Å². The summed E-state index contributed by atoms with van der Waals surface area (Å²) >= 11 is 6.25. The van der Waals surface area contributed by atoms with Crippen molar-refractivity contribution in [1.82, 2.24) is 20.2 Å². The number of pyridine rings is 1. The number of aromatic amines is 1. The zero-order chi connectivity index (χ0) is 24.2. The number of hydrogen-bond donors (Lipinski definition) is 2. The highest BCUT2D eigenvalue weighted by Crippen LogP contribution is 2.21. The molecule has 0 radical (unpaired) electrons. The second-order valence-corrected chi connectivity index (χ2v) is 8.98. The molecule has 1 saturated heterocycles. The highest BCUT2D eigenvalue weighted by atomic mass is 35.5. The van der Waals surface area contributed by atoms with Gasteiger partial charge in [-0.15, -0.1) is 0 Å². The van der Waals surface area contributed by atoms with E-state index < -0.39 is 6.04 Å². The minimum absolute atomic E-state index is 0.101. The number of halogens is 1. The van der Waals surface area contributed by atoms with Crippen molar-refractivity contribution >= 4 is 40.1 Å². The Bertz CT molecular complexity index is 1330. The molecule has 5 rings (SSSR count). The number of amides is 2. The first-order valence-electron chi connectivity index (χ1n) is 11.7. The molecule has 0 bridgehead atoms. The summed E-state index contributed by atoms with van der Waals surface area (Å²) in [5.41, 5.74) is 2.33. The lowest BCUT2D eigenvalue weighted by Crippen LogP contribution is -2.55. The molecule has 2 aromatic heterocycles. The maximum atomic E-state index is 13.7. The molecule has 2 N–H and O–H groups in total. The van der Waals surface area contributed by atoms with Gasteiger partial charge in [-0.1, -0.05) is 48.0 Å². The molecule has 0 unspecified atom stereocenters. The second kappa shape index (κ2) is 10.2. The number of nitrogens with one attached hydrogen (secondary N) is 2. The maximum Gasteiger partial charge on any atom is 0.253 e. The average molecular weight is 488 g/mol. The molecule has 35 heavy (non-hydrogen) atoms. The number of hydrogen-bond acceptors (Lipinski definition) is 4. The van der Waals surface area contributed by atoms with E-state index in [2.05, 4.69) is 20.2 Å². The van der Waals surface area contributed by atoms with Crippen molar-refractivity contribution in [2.75, 3.05) is 31.1 Å². The Kier molecular flexibility index (Phi) is 6.68. The van der Waals surface area contributed by atoms with Crippen molar-refractivity contribution in [2.24, 2.45) is 0 Å². The maximum absolute atomic E-state index is 13.7. The zero-order valence-electron chi connectivity index (χ0n) is 19.2. The molecule has 0 saturated carbocycles. The molecule has 0 aliphatic carbocycles. The summed E-state index contributed by atoms with van der Waals surface area (Å²) in [4.78, 5) is 38.5. The number of anilines is 1. The van der Waals surface area contributed by atoms with E-state index in [1.807, 2.05) is 53.6 Å². The van der Waals surface area contributed by atoms with E-state index in [0.29, 0.717) is 43.2 Å². The SMILES string of the molecule is O=C(N[C@@H](Cc1c[nH]c2ccccc12)C(=O)N1CCN(c2ccccn2)CC1)c1ccccc1Cl. The molecule has 4 aromatic rings. The van der Waals surface area contributed by atoms with Crippen molar-refractivity contribution in [3.8, 4) is 0 Å². The largest absolute Gasteiger partial charge is 0.361 e. The summed E-state index contributed by atoms with van der Waals surface area (Å²) in [6.07, 6.45) is 4.05. The summed E-state index contributed by atoms with van der Waals surface area (Å²) in [5, 5.41) is 4.36. The molecule has 1 aliphatic heterocycles. The van der Waals surface area contributed by atoms with Crippen LogP contribution in [0.5, 0.6) is 0 Å². The highest BCUT2D eigenvalue weighted by Gasteiger charge is 2.30. The fraction of sp³-hybridized carbons (Fsp3) is 0.222. The van der Waals surface area contributed by atoms with E-state index in [4.69, 9.17) is 11.6 Å². The van der Waals surface area contributed by atoms with Crippen LogP contribution in [0, 0.1) is 0 Å². The highest BCUT2D eigenvalue weighted by molar-refractivity contribution is 6.33. The molecular formula is C27H26ClN5O2. The number of rotatable bonds is 6. The molecule has 7 nitrogen and oxygen atoms in total. The van der Waals surface area contributed by atoms with Crippen LogP contribution in [0.2, 0.25) is 5.02 Å². The molecule has 8 heteroatoms. The van der Waals surface area contributed by atoms with E-state index in [0.717, 1.165) is 22.3 Å². The molecule has 178 valence electrons. The Morgan fingerprint density at radius 1 is 0.971 bits per heavy atom. The Balaban J connectivity index is 1.35.